The third kappa shape index (κ3) is 4.10. The number of benzene rings is 1. The van der Waals surface area contributed by atoms with E-state index >= 15 is 0 Å². The number of rotatable bonds is 5. The Kier molecular flexibility index (Phi) is 4.73. The fourth-order valence-electron chi connectivity index (χ4n) is 1.40. The molecule has 96 valence electrons. The number of hydrogen-bond acceptors (Lipinski definition) is 4. The number of amides is 3. The maximum Gasteiger partial charge on any atom is 0.254 e. The number of nitrogens with zero attached hydrogens (tertiary/aromatic N) is 1. The van der Waals surface area contributed by atoms with Gasteiger partial charge in [0.25, 0.3) is 5.91 Å². The van der Waals surface area contributed by atoms with Gasteiger partial charge >= 0.3 is 0 Å². The zero-order chi connectivity index (χ0) is 13.7. The monoisotopic (exact) mass is 267 g/mol. The first-order valence-electron chi connectivity index (χ1n) is 5.05. The standard InChI is InChI=1S/C11H13N3O3S/c12-9(15)5-14(6-10(13)16)11(17)7-2-1-3-8(18)4-7/h1-4,18H,5-6H2,(H2,12,15)(H2,13,16). The van der Waals surface area contributed by atoms with Gasteiger partial charge in [-0.2, -0.15) is 0 Å². The van der Waals surface area contributed by atoms with Gasteiger partial charge in [-0.25, -0.2) is 0 Å². The van der Waals surface area contributed by atoms with Crippen molar-refractivity contribution in [3.05, 3.63) is 29.8 Å². The fraction of sp³-hybridized carbons (Fsp3) is 0.182. The smallest absolute Gasteiger partial charge is 0.254 e. The van der Waals surface area contributed by atoms with E-state index in [1.54, 1.807) is 18.2 Å². The van der Waals surface area contributed by atoms with E-state index in [9.17, 15) is 14.4 Å². The van der Waals surface area contributed by atoms with Crippen LogP contribution in [0.4, 0.5) is 0 Å². The Morgan fingerprint density at radius 1 is 1.11 bits per heavy atom. The van der Waals surface area contributed by atoms with Gasteiger partial charge < -0.3 is 16.4 Å². The molecule has 3 amide bonds. The molecule has 1 rings (SSSR count). The molecule has 0 radical (unpaired) electrons. The molecule has 0 heterocycles. The van der Waals surface area contributed by atoms with E-state index in [2.05, 4.69) is 12.6 Å². The lowest BCUT2D eigenvalue weighted by Crippen LogP contribution is -2.43. The van der Waals surface area contributed by atoms with Crippen molar-refractivity contribution in [1.29, 1.82) is 0 Å². The Morgan fingerprint density at radius 2 is 1.67 bits per heavy atom. The van der Waals surface area contributed by atoms with Gasteiger partial charge in [0, 0.05) is 10.5 Å². The van der Waals surface area contributed by atoms with Crippen molar-refractivity contribution in [1.82, 2.24) is 4.90 Å². The number of thiol groups is 1. The van der Waals surface area contributed by atoms with Crippen LogP contribution >= 0.6 is 12.6 Å². The van der Waals surface area contributed by atoms with Crippen molar-refractivity contribution < 1.29 is 14.4 Å². The molecule has 0 atom stereocenters. The molecule has 6 nitrogen and oxygen atoms in total. The van der Waals surface area contributed by atoms with Crippen LogP contribution in [-0.2, 0) is 9.59 Å². The van der Waals surface area contributed by atoms with Crippen molar-refractivity contribution in [2.24, 2.45) is 11.5 Å². The first-order chi connectivity index (χ1) is 8.40. The minimum atomic E-state index is -0.716. The Morgan fingerprint density at radius 3 is 2.11 bits per heavy atom. The summed E-state index contributed by atoms with van der Waals surface area (Å²) in [6.45, 7) is -0.725. The summed E-state index contributed by atoms with van der Waals surface area (Å²) in [6, 6.07) is 6.42. The highest BCUT2D eigenvalue weighted by Crippen LogP contribution is 2.11. The molecule has 18 heavy (non-hydrogen) atoms. The van der Waals surface area contributed by atoms with Crippen LogP contribution in [-0.4, -0.2) is 35.7 Å². The van der Waals surface area contributed by atoms with Gasteiger partial charge in [-0.3, -0.25) is 14.4 Å². The Bertz CT molecular complexity index is 474. The van der Waals surface area contributed by atoms with Crippen molar-refractivity contribution in [3.63, 3.8) is 0 Å². The van der Waals surface area contributed by atoms with E-state index in [-0.39, 0.29) is 13.1 Å². The van der Waals surface area contributed by atoms with E-state index < -0.39 is 17.7 Å². The van der Waals surface area contributed by atoms with E-state index in [1.165, 1.54) is 6.07 Å². The Balaban J connectivity index is 2.94. The largest absolute Gasteiger partial charge is 0.368 e. The molecule has 1 aromatic carbocycles. The highest BCUT2D eigenvalue weighted by molar-refractivity contribution is 7.80. The first kappa shape index (κ1) is 14.0. The van der Waals surface area contributed by atoms with Gasteiger partial charge in [-0.05, 0) is 18.2 Å². The van der Waals surface area contributed by atoms with Gasteiger partial charge in [0.1, 0.15) is 13.1 Å². The predicted molar refractivity (Wildman–Crippen MR) is 68.0 cm³/mol. The summed E-state index contributed by atoms with van der Waals surface area (Å²) in [5.74, 6) is -1.93. The van der Waals surface area contributed by atoms with Crippen molar-refractivity contribution in [2.45, 2.75) is 4.90 Å². The summed E-state index contributed by atoms with van der Waals surface area (Å²) in [4.78, 5) is 35.3. The zero-order valence-corrected chi connectivity index (χ0v) is 10.4. The lowest BCUT2D eigenvalue weighted by molar-refractivity contribution is -0.121. The molecule has 0 aliphatic carbocycles. The number of nitrogens with two attached hydrogens (primary N) is 2. The number of carbonyl (C=O) groups is 3. The third-order valence-corrected chi connectivity index (χ3v) is 2.35. The molecule has 1 aromatic rings. The molecular weight excluding hydrogens is 254 g/mol. The van der Waals surface area contributed by atoms with Crippen molar-refractivity contribution >= 4 is 30.4 Å². The van der Waals surface area contributed by atoms with Crippen molar-refractivity contribution in [2.75, 3.05) is 13.1 Å². The average Bonchev–Trinajstić information content (AvgIpc) is 2.26. The Labute approximate surface area is 109 Å². The maximum absolute atomic E-state index is 12.0. The van der Waals surface area contributed by atoms with Crippen LogP contribution in [0.15, 0.2) is 29.2 Å². The van der Waals surface area contributed by atoms with Crippen LogP contribution in [0.5, 0.6) is 0 Å². The summed E-state index contributed by atoms with van der Waals surface area (Å²) in [5, 5.41) is 0. The van der Waals surface area contributed by atoms with Crippen LogP contribution in [0.25, 0.3) is 0 Å². The number of carbonyl (C=O) groups excluding carboxylic acids is 3. The summed E-state index contributed by atoms with van der Waals surface area (Å²) in [7, 11) is 0. The lowest BCUT2D eigenvalue weighted by Gasteiger charge is -2.19. The molecule has 0 saturated heterocycles. The SMILES string of the molecule is NC(=O)CN(CC(N)=O)C(=O)c1cccc(S)c1. The molecule has 0 unspecified atom stereocenters. The summed E-state index contributed by atoms with van der Waals surface area (Å²) in [5.41, 5.74) is 10.3. The molecule has 0 fully saturated rings. The quantitative estimate of drug-likeness (QED) is 0.619. The molecule has 0 saturated carbocycles. The second kappa shape index (κ2) is 6.06. The minimum absolute atomic E-state index is 0.310. The third-order valence-electron chi connectivity index (χ3n) is 2.07. The van der Waals surface area contributed by atoms with Crippen molar-refractivity contribution in [3.8, 4) is 0 Å². The van der Waals surface area contributed by atoms with E-state index in [0.717, 1.165) is 4.90 Å². The van der Waals surface area contributed by atoms with Gasteiger partial charge in [-0.1, -0.05) is 6.07 Å². The molecule has 0 aromatic heterocycles. The summed E-state index contributed by atoms with van der Waals surface area (Å²) >= 11 is 4.10. The van der Waals surface area contributed by atoms with E-state index in [4.69, 9.17) is 11.5 Å². The second-order valence-corrected chi connectivity index (χ2v) is 4.16. The van der Waals surface area contributed by atoms with Crippen LogP contribution in [0.3, 0.4) is 0 Å². The molecule has 7 heteroatoms. The van der Waals surface area contributed by atoms with Crippen LogP contribution in [0.2, 0.25) is 0 Å². The minimum Gasteiger partial charge on any atom is -0.368 e. The Hall–Kier alpha value is -2.02. The normalized spacial score (nSPS) is 9.83. The molecule has 0 spiro atoms. The van der Waals surface area contributed by atoms with E-state index in [0.29, 0.717) is 10.5 Å². The lowest BCUT2D eigenvalue weighted by atomic mass is 10.2. The number of primary amides is 2. The highest BCUT2D eigenvalue weighted by Gasteiger charge is 2.19. The van der Waals surface area contributed by atoms with Crippen LogP contribution in [0.1, 0.15) is 10.4 Å². The van der Waals surface area contributed by atoms with Crippen LogP contribution in [0, 0.1) is 0 Å². The average molecular weight is 267 g/mol. The molecule has 4 N–H and O–H groups in total. The maximum atomic E-state index is 12.0. The van der Waals surface area contributed by atoms with E-state index in [1.807, 2.05) is 0 Å². The second-order valence-electron chi connectivity index (χ2n) is 3.64. The molecule has 0 bridgehead atoms. The van der Waals surface area contributed by atoms with Gasteiger partial charge in [0.2, 0.25) is 11.8 Å². The van der Waals surface area contributed by atoms with Gasteiger partial charge in [0.05, 0.1) is 0 Å². The summed E-state index contributed by atoms with van der Waals surface area (Å²) < 4.78 is 0. The highest BCUT2D eigenvalue weighted by atomic mass is 32.1. The molecular formula is C11H13N3O3S. The van der Waals surface area contributed by atoms with Gasteiger partial charge in [0.15, 0.2) is 0 Å². The van der Waals surface area contributed by atoms with Gasteiger partial charge in [-0.15, -0.1) is 12.6 Å². The fourth-order valence-corrected chi connectivity index (χ4v) is 1.62. The topological polar surface area (TPSA) is 106 Å². The summed E-state index contributed by atoms with van der Waals surface area (Å²) in [6.07, 6.45) is 0. The van der Waals surface area contributed by atoms with Crippen LogP contribution < -0.4 is 11.5 Å². The predicted octanol–water partition coefficient (Wildman–Crippen LogP) is -0.612. The number of hydrogen-bond donors (Lipinski definition) is 3. The molecule has 0 aliphatic rings. The molecule has 0 aliphatic heterocycles. The first-order valence-corrected chi connectivity index (χ1v) is 5.50. The zero-order valence-electron chi connectivity index (χ0n) is 9.50.